The number of nitrogens with one attached hydrogen (secondary N) is 1. The van der Waals surface area contributed by atoms with E-state index in [0.29, 0.717) is 29.4 Å². The van der Waals surface area contributed by atoms with E-state index < -0.39 is 18.5 Å². The van der Waals surface area contributed by atoms with Crippen LogP contribution in [0.15, 0.2) is 54.1 Å². The molecular formula is C20H17N2O5-. The number of carboxylic acids is 1. The third-order valence-electron chi connectivity index (χ3n) is 3.32. The first-order valence-corrected chi connectivity index (χ1v) is 8.10. The van der Waals surface area contributed by atoms with Gasteiger partial charge in [0.05, 0.1) is 12.6 Å². The van der Waals surface area contributed by atoms with Gasteiger partial charge in [0.2, 0.25) is 0 Å². The maximum atomic E-state index is 12.3. The van der Waals surface area contributed by atoms with Crippen molar-refractivity contribution in [3.05, 3.63) is 59.7 Å². The Kier molecular flexibility index (Phi) is 6.97. The summed E-state index contributed by atoms with van der Waals surface area (Å²) in [6.07, 6.45) is 1.42. The van der Waals surface area contributed by atoms with Crippen molar-refractivity contribution in [1.82, 2.24) is 0 Å². The van der Waals surface area contributed by atoms with E-state index in [-0.39, 0.29) is 5.57 Å². The molecule has 0 saturated carbocycles. The molecule has 0 aliphatic heterocycles. The fraction of sp³-hybridized carbons (Fsp3) is 0.150. The predicted molar refractivity (Wildman–Crippen MR) is 96.8 cm³/mol. The van der Waals surface area contributed by atoms with Crippen LogP contribution in [0.5, 0.6) is 11.5 Å². The molecule has 7 heteroatoms. The Hall–Kier alpha value is -3.79. The van der Waals surface area contributed by atoms with E-state index in [1.54, 1.807) is 36.4 Å². The van der Waals surface area contributed by atoms with Crippen molar-refractivity contribution in [3.8, 4) is 17.6 Å². The first kappa shape index (κ1) is 19.5. The van der Waals surface area contributed by atoms with Crippen molar-refractivity contribution in [2.24, 2.45) is 0 Å². The molecule has 1 amide bonds. The largest absolute Gasteiger partial charge is 0.546 e. The molecule has 0 radical (unpaired) electrons. The molecule has 2 aromatic carbocycles. The average Bonchev–Trinajstić information content (AvgIpc) is 2.65. The van der Waals surface area contributed by atoms with Crippen LogP contribution in [0.4, 0.5) is 5.69 Å². The lowest BCUT2D eigenvalue weighted by molar-refractivity contribution is -0.307. The van der Waals surface area contributed by atoms with Gasteiger partial charge in [0.25, 0.3) is 5.91 Å². The number of rotatable bonds is 8. The minimum Gasteiger partial charge on any atom is -0.546 e. The minimum atomic E-state index is -1.32. The number of carboxylic acid groups (broad SMARTS) is 1. The molecule has 0 spiro atoms. The van der Waals surface area contributed by atoms with Gasteiger partial charge >= 0.3 is 0 Å². The van der Waals surface area contributed by atoms with Gasteiger partial charge in [0.15, 0.2) is 0 Å². The summed E-state index contributed by atoms with van der Waals surface area (Å²) in [5, 5.41) is 22.3. The van der Waals surface area contributed by atoms with Gasteiger partial charge in [-0.3, -0.25) is 4.79 Å². The number of benzene rings is 2. The smallest absolute Gasteiger partial charge is 0.266 e. The van der Waals surface area contributed by atoms with Crippen molar-refractivity contribution >= 4 is 23.6 Å². The van der Waals surface area contributed by atoms with Crippen LogP contribution >= 0.6 is 0 Å². The molecule has 7 nitrogen and oxygen atoms in total. The van der Waals surface area contributed by atoms with Crippen LogP contribution in [0.3, 0.4) is 0 Å². The Morgan fingerprint density at radius 3 is 2.52 bits per heavy atom. The molecule has 0 fully saturated rings. The maximum Gasteiger partial charge on any atom is 0.266 e. The molecular weight excluding hydrogens is 348 g/mol. The summed E-state index contributed by atoms with van der Waals surface area (Å²) in [4.78, 5) is 22.7. The third kappa shape index (κ3) is 6.21. The molecule has 0 unspecified atom stereocenters. The fourth-order valence-electron chi connectivity index (χ4n) is 2.15. The number of carbonyl (C=O) groups is 2. The molecule has 0 aliphatic carbocycles. The first-order valence-electron chi connectivity index (χ1n) is 8.10. The Bertz CT molecular complexity index is 882. The van der Waals surface area contributed by atoms with E-state index in [0.717, 1.165) is 0 Å². The van der Waals surface area contributed by atoms with E-state index in [1.165, 1.54) is 18.2 Å². The Balaban J connectivity index is 2.08. The predicted octanol–water partition coefficient (Wildman–Crippen LogP) is 1.76. The zero-order valence-electron chi connectivity index (χ0n) is 14.6. The molecule has 2 rings (SSSR count). The second-order valence-electron chi connectivity index (χ2n) is 5.31. The average molecular weight is 365 g/mol. The summed E-state index contributed by atoms with van der Waals surface area (Å²) >= 11 is 0. The molecule has 138 valence electrons. The van der Waals surface area contributed by atoms with Crippen LogP contribution in [-0.2, 0) is 9.59 Å². The number of ether oxygens (including phenoxy) is 2. The van der Waals surface area contributed by atoms with Crippen molar-refractivity contribution < 1.29 is 24.2 Å². The van der Waals surface area contributed by atoms with Gasteiger partial charge in [-0.15, -0.1) is 0 Å². The molecule has 0 bridgehead atoms. The summed E-state index contributed by atoms with van der Waals surface area (Å²) < 4.78 is 10.3. The van der Waals surface area contributed by atoms with Crippen LogP contribution in [0, 0.1) is 11.3 Å². The first-order chi connectivity index (χ1) is 13.0. The van der Waals surface area contributed by atoms with Gasteiger partial charge in [-0.25, -0.2) is 0 Å². The minimum absolute atomic E-state index is 0.0831. The Labute approximate surface area is 156 Å². The summed E-state index contributed by atoms with van der Waals surface area (Å²) in [5.41, 5.74) is 1.02. The van der Waals surface area contributed by atoms with E-state index in [2.05, 4.69) is 5.32 Å². The number of nitrogens with zero attached hydrogens (tertiary/aromatic N) is 1. The quantitative estimate of drug-likeness (QED) is 0.564. The lowest BCUT2D eigenvalue weighted by Gasteiger charge is -2.08. The van der Waals surface area contributed by atoms with Crippen LogP contribution in [0.2, 0.25) is 0 Å². The molecule has 0 heterocycles. The summed E-state index contributed by atoms with van der Waals surface area (Å²) in [6, 6.07) is 15.0. The Morgan fingerprint density at radius 2 is 1.89 bits per heavy atom. The summed E-state index contributed by atoms with van der Waals surface area (Å²) in [6.45, 7) is 1.81. The zero-order chi connectivity index (χ0) is 19.6. The molecule has 2 aromatic rings. The van der Waals surface area contributed by atoms with Crippen molar-refractivity contribution in [3.63, 3.8) is 0 Å². The highest BCUT2D eigenvalue weighted by molar-refractivity contribution is 6.09. The highest BCUT2D eigenvalue weighted by atomic mass is 16.5. The number of carbonyl (C=O) groups excluding carboxylic acids is 2. The standard InChI is InChI=1S/C20H18N2O5/c1-2-26-18-5-3-4-16(11-18)22-20(25)15(12-21)10-14-6-8-17(9-7-14)27-13-19(23)24/h3-11H,2,13H2,1H3,(H,22,25)(H,23,24)/p-1/b15-10+. The maximum absolute atomic E-state index is 12.3. The highest BCUT2D eigenvalue weighted by Crippen LogP contribution is 2.19. The Morgan fingerprint density at radius 1 is 1.15 bits per heavy atom. The van der Waals surface area contributed by atoms with Crippen LogP contribution in [-0.4, -0.2) is 25.1 Å². The number of amides is 1. The molecule has 27 heavy (non-hydrogen) atoms. The monoisotopic (exact) mass is 365 g/mol. The van der Waals surface area contributed by atoms with Crippen LogP contribution < -0.4 is 19.9 Å². The van der Waals surface area contributed by atoms with E-state index in [1.807, 2.05) is 13.0 Å². The molecule has 0 aromatic heterocycles. The summed E-state index contributed by atoms with van der Waals surface area (Å²) in [7, 11) is 0. The van der Waals surface area contributed by atoms with Crippen LogP contribution in [0.1, 0.15) is 12.5 Å². The number of hydrogen-bond donors (Lipinski definition) is 1. The van der Waals surface area contributed by atoms with Gasteiger partial charge in [0.1, 0.15) is 29.7 Å². The number of aliphatic carboxylic acids is 1. The van der Waals surface area contributed by atoms with Gasteiger partial charge in [-0.1, -0.05) is 18.2 Å². The lowest BCUT2D eigenvalue weighted by Crippen LogP contribution is -2.28. The van der Waals surface area contributed by atoms with Gasteiger partial charge in [0, 0.05) is 11.8 Å². The van der Waals surface area contributed by atoms with Crippen LogP contribution in [0.25, 0.3) is 6.08 Å². The van der Waals surface area contributed by atoms with Gasteiger partial charge in [-0.05, 0) is 42.8 Å². The topological polar surface area (TPSA) is 111 Å². The fourth-order valence-corrected chi connectivity index (χ4v) is 2.15. The molecule has 1 N–H and O–H groups in total. The second-order valence-corrected chi connectivity index (χ2v) is 5.31. The molecule has 0 atom stereocenters. The summed E-state index contributed by atoms with van der Waals surface area (Å²) in [5.74, 6) is -0.920. The number of nitriles is 1. The molecule has 0 aliphatic rings. The van der Waals surface area contributed by atoms with E-state index in [9.17, 15) is 20.0 Å². The van der Waals surface area contributed by atoms with E-state index in [4.69, 9.17) is 9.47 Å². The lowest BCUT2D eigenvalue weighted by atomic mass is 10.1. The van der Waals surface area contributed by atoms with Gasteiger partial charge < -0.3 is 24.7 Å². The number of hydrogen-bond acceptors (Lipinski definition) is 6. The molecule has 0 saturated heterocycles. The van der Waals surface area contributed by atoms with Crippen molar-refractivity contribution in [2.75, 3.05) is 18.5 Å². The third-order valence-corrected chi connectivity index (χ3v) is 3.32. The van der Waals surface area contributed by atoms with Crippen molar-refractivity contribution in [1.29, 1.82) is 5.26 Å². The van der Waals surface area contributed by atoms with E-state index >= 15 is 0 Å². The van der Waals surface area contributed by atoms with Gasteiger partial charge in [-0.2, -0.15) is 5.26 Å². The highest BCUT2D eigenvalue weighted by Gasteiger charge is 2.10. The van der Waals surface area contributed by atoms with Crippen molar-refractivity contribution in [2.45, 2.75) is 6.92 Å². The SMILES string of the molecule is CCOc1cccc(NC(=O)/C(C#N)=C/c2ccc(OCC(=O)[O-])cc2)c1. The number of anilines is 1. The zero-order valence-corrected chi connectivity index (χ0v) is 14.6. The normalized spacial score (nSPS) is 10.6. The second kappa shape index (κ2) is 9.63.